The van der Waals surface area contributed by atoms with Crippen LogP contribution in [0.5, 0.6) is 0 Å². The molecule has 0 aliphatic heterocycles. The molecule has 0 aromatic rings. The zero-order chi connectivity index (χ0) is 11.1. The summed E-state index contributed by atoms with van der Waals surface area (Å²) in [7, 11) is 0. The summed E-state index contributed by atoms with van der Waals surface area (Å²) < 4.78 is 0. The average molecular weight is 205 g/mol. The summed E-state index contributed by atoms with van der Waals surface area (Å²) >= 11 is 0. The molecule has 1 atom stereocenters. The van der Waals surface area contributed by atoms with Crippen molar-refractivity contribution in [1.82, 2.24) is 5.32 Å². The number of hydrogen-bond acceptors (Lipinski definition) is 1. The van der Waals surface area contributed by atoms with E-state index < -0.39 is 0 Å². The minimum atomic E-state index is 0.556. The summed E-state index contributed by atoms with van der Waals surface area (Å²) in [5, 5.41) is 3.62. The summed E-state index contributed by atoms with van der Waals surface area (Å²) in [6, 6.07) is 1.12. The first-order chi connectivity index (χ1) is 7.24. The van der Waals surface area contributed by atoms with Gasteiger partial charge >= 0.3 is 0 Å². The third-order valence-electron chi connectivity index (χ3n) is 2.61. The topological polar surface area (TPSA) is 12.0 Å². The minimum absolute atomic E-state index is 0.556. The van der Waals surface area contributed by atoms with Crippen LogP contribution in [0.2, 0.25) is 0 Å². The van der Waals surface area contributed by atoms with E-state index >= 15 is 0 Å². The molecular formula is C14H23N. The van der Waals surface area contributed by atoms with E-state index in [2.05, 4.69) is 49.5 Å². The van der Waals surface area contributed by atoms with Gasteiger partial charge in [-0.3, -0.25) is 0 Å². The van der Waals surface area contributed by atoms with E-state index in [1.807, 2.05) is 6.92 Å². The first-order valence-corrected chi connectivity index (χ1v) is 5.99. The monoisotopic (exact) mass is 205 g/mol. The summed E-state index contributed by atoms with van der Waals surface area (Å²) in [6.07, 6.45) is 14.7. The van der Waals surface area contributed by atoms with Gasteiger partial charge in [0.2, 0.25) is 0 Å². The van der Waals surface area contributed by atoms with Gasteiger partial charge in [0, 0.05) is 12.1 Å². The van der Waals surface area contributed by atoms with Crippen molar-refractivity contribution in [3.8, 4) is 0 Å². The molecule has 0 amide bonds. The van der Waals surface area contributed by atoms with Gasteiger partial charge in [0.1, 0.15) is 0 Å². The van der Waals surface area contributed by atoms with E-state index in [1.54, 1.807) is 0 Å². The van der Waals surface area contributed by atoms with Crippen LogP contribution in [0.3, 0.4) is 0 Å². The molecule has 0 aromatic heterocycles. The van der Waals surface area contributed by atoms with E-state index in [9.17, 15) is 0 Å². The first kappa shape index (κ1) is 12.3. The third kappa shape index (κ3) is 4.48. The van der Waals surface area contributed by atoms with Crippen molar-refractivity contribution in [3.63, 3.8) is 0 Å². The van der Waals surface area contributed by atoms with Gasteiger partial charge in [0.15, 0.2) is 0 Å². The lowest BCUT2D eigenvalue weighted by Crippen LogP contribution is -2.36. The molecule has 0 saturated carbocycles. The molecule has 1 nitrogen and oxygen atoms in total. The second kappa shape index (κ2) is 6.62. The van der Waals surface area contributed by atoms with Gasteiger partial charge < -0.3 is 5.32 Å². The number of hydrogen-bond donors (Lipinski definition) is 1. The van der Waals surface area contributed by atoms with Crippen LogP contribution in [0.4, 0.5) is 0 Å². The van der Waals surface area contributed by atoms with Gasteiger partial charge in [0.25, 0.3) is 0 Å². The van der Waals surface area contributed by atoms with Crippen molar-refractivity contribution in [2.75, 3.05) is 0 Å². The Morgan fingerprint density at radius 3 is 2.87 bits per heavy atom. The highest BCUT2D eigenvalue weighted by Crippen LogP contribution is 2.19. The lowest BCUT2D eigenvalue weighted by molar-refractivity contribution is 0.464. The molecule has 1 rings (SSSR count). The van der Waals surface area contributed by atoms with Gasteiger partial charge in [-0.15, -0.1) is 0 Å². The normalized spacial score (nSPS) is 22.9. The van der Waals surface area contributed by atoms with E-state index in [0.29, 0.717) is 12.1 Å². The molecule has 0 spiro atoms. The van der Waals surface area contributed by atoms with Gasteiger partial charge in [-0.1, -0.05) is 44.2 Å². The Morgan fingerprint density at radius 2 is 2.20 bits per heavy atom. The molecule has 1 N–H and O–H groups in total. The fraction of sp³-hybridized carbons (Fsp3) is 0.571. The Bertz CT molecular complexity index is 259. The maximum atomic E-state index is 3.62. The molecule has 1 unspecified atom stereocenters. The van der Waals surface area contributed by atoms with Crippen molar-refractivity contribution < 1.29 is 0 Å². The maximum Gasteiger partial charge on any atom is 0.0319 e. The molecule has 0 aromatic carbocycles. The van der Waals surface area contributed by atoms with Crippen LogP contribution in [0, 0.1) is 0 Å². The van der Waals surface area contributed by atoms with Crippen LogP contribution in [-0.2, 0) is 0 Å². The summed E-state index contributed by atoms with van der Waals surface area (Å²) in [5.41, 5.74) is 1.45. The fourth-order valence-corrected chi connectivity index (χ4v) is 1.94. The molecule has 0 fully saturated rings. The van der Waals surface area contributed by atoms with Crippen molar-refractivity contribution in [3.05, 3.63) is 36.0 Å². The van der Waals surface area contributed by atoms with Gasteiger partial charge in [-0.05, 0) is 31.8 Å². The SMILES string of the molecule is C/C=C\C=C/C1=CCCCC1NC(C)C. The molecule has 0 saturated heterocycles. The Labute approximate surface area is 94.0 Å². The Morgan fingerprint density at radius 1 is 1.40 bits per heavy atom. The second-order valence-corrected chi connectivity index (χ2v) is 4.39. The standard InChI is InChI=1S/C14H23N/c1-4-5-6-9-13-10-7-8-11-14(13)15-12(2)3/h4-6,9-10,12,14-15H,7-8,11H2,1-3H3/b5-4-,9-6-. The summed E-state index contributed by atoms with van der Waals surface area (Å²) in [6.45, 7) is 6.47. The van der Waals surface area contributed by atoms with E-state index in [-0.39, 0.29) is 0 Å². The highest BCUT2D eigenvalue weighted by atomic mass is 14.9. The van der Waals surface area contributed by atoms with Crippen molar-refractivity contribution in [2.45, 2.75) is 52.1 Å². The van der Waals surface area contributed by atoms with Crippen molar-refractivity contribution in [2.24, 2.45) is 0 Å². The molecule has 0 heterocycles. The Kier molecular flexibility index (Phi) is 5.41. The van der Waals surface area contributed by atoms with Gasteiger partial charge in [-0.25, -0.2) is 0 Å². The number of nitrogens with one attached hydrogen (secondary N) is 1. The number of rotatable bonds is 4. The van der Waals surface area contributed by atoms with Gasteiger partial charge in [0.05, 0.1) is 0 Å². The molecule has 1 aliphatic carbocycles. The van der Waals surface area contributed by atoms with Crippen LogP contribution >= 0.6 is 0 Å². The molecule has 1 heteroatoms. The molecule has 0 bridgehead atoms. The average Bonchev–Trinajstić information content (AvgIpc) is 2.20. The van der Waals surface area contributed by atoms with E-state index in [0.717, 1.165) is 0 Å². The molecule has 84 valence electrons. The van der Waals surface area contributed by atoms with Crippen LogP contribution in [0.1, 0.15) is 40.0 Å². The summed E-state index contributed by atoms with van der Waals surface area (Å²) in [5.74, 6) is 0. The lowest BCUT2D eigenvalue weighted by atomic mass is 9.93. The zero-order valence-electron chi connectivity index (χ0n) is 10.2. The second-order valence-electron chi connectivity index (χ2n) is 4.39. The van der Waals surface area contributed by atoms with Crippen molar-refractivity contribution in [1.29, 1.82) is 0 Å². The largest absolute Gasteiger partial charge is 0.308 e. The first-order valence-electron chi connectivity index (χ1n) is 5.99. The lowest BCUT2D eigenvalue weighted by Gasteiger charge is -2.25. The zero-order valence-corrected chi connectivity index (χ0v) is 10.2. The molecular weight excluding hydrogens is 182 g/mol. The smallest absolute Gasteiger partial charge is 0.0319 e. The molecule has 15 heavy (non-hydrogen) atoms. The predicted octanol–water partition coefficient (Wildman–Crippen LogP) is 3.60. The highest BCUT2D eigenvalue weighted by Gasteiger charge is 2.15. The summed E-state index contributed by atoms with van der Waals surface area (Å²) in [4.78, 5) is 0. The highest BCUT2D eigenvalue weighted by molar-refractivity contribution is 5.28. The maximum absolute atomic E-state index is 3.62. The minimum Gasteiger partial charge on any atom is -0.308 e. The Hall–Kier alpha value is -0.820. The van der Waals surface area contributed by atoms with E-state index in [1.165, 1.54) is 24.8 Å². The fourth-order valence-electron chi connectivity index (χ4n) is 1.94. The third-order valence-corrected chi connectivity index (χ3v) is 2.61. The Balaban J connectivity index is 2.60. The molecule has 1 aliphatic rings. The molecule has 0 radical (unpaired) electrons. The predicted molar refractivity (Wildman–Crippen MR) is 67.9 cm³/mol. The van der Waals surface area contributed by atoms with Crippen LogP contribution in [0.25, 0.3) is 0 Å². The van der Waals surface area contributed by atoms with Crippen LogP contribution < -0.4 is 5.32 Å². The van der Waals surface area contributed by atoms with Crippen LogP contribution in [-0.4, -0.2) is 12.1 Å². The van der Waals surface area contributed by atoms with Crippen LogP contribution in [0.15, 0.2) is 36.0 Å². The van der Waals surface area contributed by atoms with Crippen molar-refractivity contribution >= 4 is 0 Å². The number of allylic oxidation sites excluding steroid dienone is 4. The quantitative estimate of drug-likeness (QED) is 0.692. The van der Waals surface area contributed by atoms with E-state index in [4.69, 9.17) is 0 Å². The van der Waals surface area contributed by atoms with Gasteiger partial charge in [-0.2, -0.15) is 0 Å².